The van der Waals surface area contributed by atoms with Crippen molar-refractivity contribution in [2.45, 2.75) is 6.42 Å². The molecule has 37 valence electrons. The lowest BCUT2D eigenvalue weighted by Gasteiger charge is -1.79. The van der Waals surface area contributed by atoms with Crippen molar-refractivity contribution in [2.24, 2.45) is 0 Å². The lowest BCUT2D eigenvalue weighted by Crippen LogP contribution is -1.77. The third-order valence-electron chi connectivity index (χ3n) is 1.03. The van der Waals surface area contributed by atoms with Crippen molar-refractivity contribution < 1.29 is 4.74 Å². The molecule has 0 saturated carbocycles. The molecule has 1 fully saturated rings. The molecule has 0 amide bonds. The van der Waals surface area contributed by atoms with E-state index in [1.165, 1.54) is 0 Å². The molecular formula is C6H7O. The number of rotatable bonds is 0. The maximum atomic E-state index is 5.07. The summed E-state index contributed by atoms with van der Waals surface area (Å²) < 4.78 is 4.97. The van der Waals surface area contributed by atoms with Crippen LogP contribution in [0.25, 0.3) is 0 Å². The van der Waals surface area contributed by atoms with E-state index >= 15 is 0 Å². The fraction of sp³-hybridized carbons (Fsp3) is 0.500. The van der Waals surface area contributed by atoms with Gasteiger partial charge >= 0.3 is 0 Å². The Kier molecular flexibility index (Phi) is 1.30. The van der Waals surface area contributed by atoms with Crippen molar-refractivity contribution in [3.05, 3.63) is 17.9 Å². The van der Waals surface area contributed by atoms with Crippen LogP contribution in [0.3, 0.4) is 0 Å². The molecule has 0 atom stereocenters. The highest BCUT2D eigenvalue weighted by Crippen LogP contribution is 2.07. The summed E-state index contributed by atoms with van der Waals surface area (Å²) in [5, 5.41) is 0. The van der Waals surface area contributed by atoms with Crippen molar-refractivity contribution in [2.75, 3.05) is 13.2 Å². The highest BCUT2D eigenvalue weighted by atomic mass is 16.5. The van der Waals surface area contributed by atoms with Gasteiger partial charge in [0.25, 0.3) is 0 Å². The smallest absolute Gasteiger partial charge is 0.0751 e. The molecule has 0 aromatic carbocycles. The van der Waals surface area contributed by atoms with Gasteiger partial charge in [0.2, 0.25) is 0 Å². The number of hydrogen-bond donors (Lipinski definition) is 0. The minimum absolute atomic E-state index is 0.691. The first-order valence-electron chi connectivity index (χ1n) is 2.32. The lowest BCUT2D eigenvalue weighted by molar-refractivity contribution is 0.205. The average molecular weight is 95.1 g/mol. The quantitative estimate of drug-likeness (QED) is 0.406. The van der Waals surface area contributed by atoms with Crippen LogP contribution in [-0.2, 0) is 4.74 Å². The van der Waals surface area contributed by atoms with Gasteiger partial charge in [0, 0.05) is 6.42 Å². The van der Waals surface area contributed by atoms with Gasteiger partial charge in [0.1, 0.15) is 0 Å². The van der Waals surface area contributed by atoms with E-state index in [0.717, 1.165) is 18.6 Å². The highest BCUT2D eigenvalue weighted by Gasteiger charge is 2.03. The molecule has 0 unspecified atom stereocenters. The van der Waals surface area contributed by atoms with Crippen molar-refractivity contribution in [1.82, 2.24) is 0 Å². The third kappa shape index (κ3) is 0.923. The van der Waals surface area contributed by atoms with Gasteiger partial charge in [-0.3, -0.25) is 0 Å². The summed E-state index contributed by atoms with van der Waals surface area (Å²) >= 11 is 0. The molecule has 1 nitrogen and oxygen atoms in total. The maximum Gasteiger partial charge on any atom is 0.0751 e. The number of hydrogen-bond acceptors (Lipinski definition) is 1. The Morgan fingerprint density at radius 3 is 2.86 bits per heavy atom. The largest absolute Gasteiger partial charge is 0.376 e. The van der Waals surface area contributed by atoms with E-state index in [1.54, 1.807) is 0 Å². The molecule has 1 rings (SSSR count). The van der Waals surface area contributed by atoms with Gasteiger partial charge in [-0.15, -0.1) is 5.73 Å². The zero-order chi connectivity index (χ0) is 5.11. The summed E-state index contributed by atoms with van der Waals surface area (Å²) in [4.78, 5) is 0. The van der Waals surface area contributed by atoms with Gasteiger partial charge in [-0.1, -0.05) is 0 Å². The van der Waals surface area contributed by atoms with E-state index in [0.29, 0.717) is 6.61 Å². The minimum Gasteiger partial charge on any atom is -0.376 e. The van der Waals surface area contributed by atoms with Crippen LogP contribution in [0.4, 0.5) is 0 Å². The van der Waals surface area contributed by atoms with E-state index in [1.807, 2.05) is 0 Å². The normalized spacial score (nSPS) is 19.7. The number of ether oxygens (including phenoxy) is 1. The highest BCUT2D eigenvalue weighted by molar-refractivity contribution is 5.01. The van der Waals surface area contributed by atoms with E-state index in [9.17, 15) is 0 Å². The molecule has 1 aliphatic heterocycles. The van der Waals surface area contributed by atoms with Crippen LogP contribution in [0, 0.1) is 6.58 Å². The Morgan fingerprint density at radius 1 is 1.71 bits per heavy atom. The average Bonchev–Trinajstić information content (AvgIpc) is 2.14. The summed E-state index contributed by atoms with van der Waals surface area (Å²) in [6.07, 6.45) is 0.969. The molecule has 0 aliphatic carbocycles. The van der Waals surface area contributed by atoms with Crippen molar-refractivity contribution >= 4 is 0 Å². The summed E-state index contributed by atoms with van der Waals surface area (Å²) in [7, 11) is 0. The summed E-state index contributed by atoms with van der Waals surface area (Å²) in [5.41, 5.74) is 3.65. The van der Waals surface area contributed by atoms with Gasteiger partial charge in [-0.05, 0) is 12.2 Å². The molecule has 1 saturated heterocycles. The fourth-order valence-electron chi connectivity index (χ4n) is 0.577. The van der Waals surface area contributed by atoms with Crippen LogP contribution in [0.5, 0.6) is 0 Å². The topological polar surface area (TPSA) is 9.23 Å². The fourth-order valence-corrected chi connectivity index (χ4v) is 0.577. The van der Waals surface area contributed by atoms with Crippen molar-refractivity contribution in [3.8, 4) is 0 Å². The van der Waals surface area contributed by atoms with Crippen LogP contribution in [0.2, 0.25) is 0 Å². The van der Waals surface area contributed by atoms with Gasteiger partial charge in [0.15, 0.2) is 0 Å². The Balaban J connectivity index is 2.57. The standard InChI is InChI=1S/C6H7O/c1-2-6-3-4-7-5-6/h1H,3-5H2. The molecule has 0 N–H and O–H groups in total. The van der Waals surface area contributed by atoms with Crippen LogP contribution < -0.4 is 0 Å². The molecular weight excluding hydrogens is 88.1 g/mol. The summed E-state index contributed by atoms with van der Waals surface area (Å²) in [6.45, 7) is 6.58. The lowest BCUT2D eigenvalue weighted by atomic mass is 10.3. The second-order valence-electron chi connectivity index (χ2n) is 1.55. The molecule has 0 aromatic rings. The van der Waals surface area contributed by atoms with Crippen LogP contribution in [0.15, 0.2) is 11.3 Å². The molecule has 7 heavy (non-hydrogen) atoms. The van der Waals surface area contributed by atoms with Crippen LogP contribution in [-0.4, -0.2) is 13.2 Å². The van der Waals surface area contributed by atoms with Gasteiger partial charge in [0.05, 0.1) is 13.2 Å². The monoisotopic (exact) mass is 95.0 g/mol. The van der Waals surface area contributed by atoms with Crippen molar-refractivity contribution in [3.63, 3.8) is 0 Å². The maximum absolute atomic E-state index is 5.07. The Morgan fingerprint density at radius 2 is 2.57 bits per heavy atom. The predicted molar refractivity (Wildman–Crippen MR) is 26.8 cm³/mol. The Bertz CT molecular complexity index is 101. The second kappa shape index (κ2) is 1.97. The zero-order valence-corrected chi connectivity index (χ0v) is 4.11. The SMILES string of the molecule is [CH]=C=C1CCOC1. The predicted octanol–water partition coefficient (Wildman–Crippen LogP) is 0.921. The van der Waals surface area contributed by atoms with E-state index in [2.05, 4.69) is 5.73 Å². The van der Waals surface area contributed by atoms with Gasteiger partial charge < -0.3 is 4.74 Å². The first-order chi connectivity index (χ1) is 3.43. The third-order valence-corrected chi connectivity index (χ3v) is 1.03. The Hall–Kier alpha value is -0.520. The summed E-state index contributed by atoms with van der Waals surface area (Å²) in [5.74, 6) is 0. The van der Waals surface area contributed by atoms with E-state index in [-0.39, 0.29) is 0 Å². The van der Waals surface area contributed by atoms with Gasteiger partial charge in [-0.25, -0.2) is 0 Å². The zero-order valence-electron chi connectivity index (χ0n) is 4.11. The van der Waals surface area contributed by atoms with Gasteiger partial charge in [-0.2, -0.15) is 0 Å². The summed E-state index contributed by atoms with van der Waals surface area (Å²) in [6, 6.07) is 0. The Labute approximate surface area is 43.3 Å². The molecule has 0 aromatic heterocycles. The first kappa shape index (κ1) is 4.63. The van der Waals surface area contributed by atoms with E-state index < -0.39 is 0 Å². The van der Waals surface area contributed by atoms with Crippen LogP contribution >= 0.6 is 0 Å². The molecule has 0 bridgehead atoms. The molecule has 1 heteroatoms. The molecule has 1 heterocycles. The van der Waals surface area contributed by atoms with E-state index in [4.69, 9.17) is 11.3 Å². The molecule has 1 aliphatic rings. The molecule has 0 spiro atoms. The molecule has 1 radical (unpaired) electrons. The first-order valence-corrected chi connectivity index (χ1v) is 2.32. The van der Waals surface area contributed by atoms with Crippen LogP contribution in [0.1, 0.15) is 6.42 Å². The second-order valence-corrected chi connectivity index (χ2v) is 1.55. The van der Waals surface area contributed by atoms with Crippen molar-refractivity contribution in [1.29, 1.82) is 0 Å². The minimum atomic E-state index is 0.691.